The molecule has 0 spiro atoms. The van der Waals surface area contributed by atoms with E-state index < -0.39 is 0 Å². The van der Waals surface area contributed by atoms with Crippen LogP contribution in [0.3, 0.4) is 0 Å². The van der Waals surface area contributed by atoms with Crippen LogP contribution in [-0.2, 0) is 4.74 Å². The molecule has 0 aromatic heterocycles. The first-order chi connectivity index (χ1) is 5.17. The minimum atomic E-state index is 0.761. The summed E-state index contributed by atoms with van der Waals surface area (Å²) in [7, 11) is 1.63. The standard InChI is InChI=1S/C9H13BrO/c1-5-8(6-2)9(11-4)7(3)10/h5H,1,3,6H2,2,4H3/b9-8-. The molecule has 0 atom stereocenters. The van der Waals surface area contributed by atoms with Crippen LogP contribution < -0.4 is 0 Å². The number of rotatable bonds is 4. The summed E-state index contributed by atoms with van der Waals surface area (Å²) in [6, 6.07) is 0. The van der Waals surface area contributed by atoms with Crippen molar-refractivity contribution in [2.24, 2.45) is 0 Å². The molecule has 2 heteroatoms. The van der Waals surface area contributed by atoms with Crippen molar-refractivity contribution >= 4 is 15.9 Å². The second-order valence-electron chi connectivity index (χ2n) is 2.02. The van der Waals surface area contributed by atoms with Crippen LogP contribution in [0.5, 0.6) is 0 Å². The number of allylic oxidation sites excluding steroid dienone is 3. The minimum Gasteiger partial charge on any atom is -0.495 e. The molecule has 0 amide bonds. The van der Waals surface area contributed by atoms with Crippen molar-refractivity contribution in [2.75, 3.05) is 7.11 Å². The Morgan fingerprint density at radius 1 is 1.64 bits per heavy atom. The van der Waals surface area contributed by atoms with Crippen LogP contribution in [0.25, 0.3) is 0 Å². The first-order valence-corrected chi connectivity index (χ1v) is 4.21. The lowest BCUT2D eigenvalue weighted by Gasteiger charge is -2.07. The van der Waals surface area contributed by atoms with Gasteiger partial charge in [0.15, 0.2) is 0 Å². The Morgan fingerprint density at radius 3 is 2.27 bits per heavy atom. The zero-order valence-corrected chi connectivity index (χ0v) is 8.57. The highest BCUT2D eigenvalue weighted by Gasteiger charge is 2.03. The van der Waals surface area contributed by atoms with E-state index in [1.54, 1.807) is 13.2 Å². The van der Waals surface area contributed by atoms with E-state index in [0.717, 1.165) is 22.2 Å². The molecule has 0 saturated heterocycles. The predicted molar refractivity (Wildman–Crippen MR) is 52.6 cm³/mol. The van der Waals surface area contributed by atoms with Gasteiger partial charge in [0.2, 0.25) is 0 Å². The van der Waals surface area contributed by atoms with Gasteiger partial charge in [0.05, 0.1) is 11.6 Å². The second kappa shape index (κ2) is 5.19. The first kappa shape index (κ1) is 10.5. The van der Waals surface area contributed by atoms with Crippen LogP contribution in [0, 0.1) is 0 Å². The molecule has 0 N–H and O–H groups in total. The lowest BCUT2D eigenvalue weighted by Crippen LogP contribution is -1.90. The normalized spacial score (nSPS) is 11.9. The van der Waals surface area contributed by atoms with Gasteiger partial charge >= 0.3 is 0 Å². The molecule has 0 bridgehead atoms. The molecule has 0 aliphatic rings. The molecule has 0 aliphatic heterocycles. The van der Waals surface area contributed by atoms with E-state index in [9.17, 15) is 0 Å². The third-order valence-corrected chi connectivity index (χ3v) is 1.73. The second-order valence-corrected chi connectivity index (χ2v) is 2.98. The van der Waals surface area contributed by atoms with Gasteiger partial charge in [-0.15, -0.1) is 0 Å². The van der Waals surface area contributed by atoms with Gasteiger partial charge in [0.1, 0.15) is 5.76 Å². The van der Waals surface area contributed by atoms with Gasteiger partial charge in [-0.05, 0) is 27.9 Å². The lowest BCUT2D eigenvalue weighted by molar-refractivity contribution is 0.301. The van der Waals surface area contributed by atoms with Crippen molar-refractivity contribution in [1.29, 1.82) is 0 Å². The largest absolute Gasteiger partial charge is 0.495 e. The number of methoxy groups -OCH3 is 1. The third-order valence-electron chi connectivity index (χ3n) is 1.37. The monoisotopic (exact) mass is 216 g/mol. The number of hydrogen-bond acceptors (Lipinski definition) is 1. The van der Waals surface area contributed by atoms with Crippen molar-refractivity contribution in [1.82, 2.24) is 0 Å². The zero-order chi connectivity index (χ0) is 8.85. The molecule has 0 aliphatic carbocycles. The van der Waals surface area contributed by atoms with E-state index in [-0.39, 0.29) is 0 Å². The summed E-state index contributed by atoms with van der Waals surface area (Å²) in [5, 5.41) is 0. The molecule has 11 heavy (non-hydrogen) atoms. The highest BCUT2D eigenvalue weighted by atomic mass is 79.9. The van der Waals surface area contributed by atoms with Crippen LogP contribution in [0.4, 0.5) is 0 Å². The van der Waals surface area contributed by atoms with E-state index in [0.29, 0.717) is 0 Å². The minimum absolute atomic E-state index is 0.761. The topological polar surface area (TPSA) is 9.23 Å². The maximum atomic E-state index is 5.12. The summed E-state index contributed by atoms with van der Waals surface area (Å²) >= 11 is 3.26. The Labute approximate surface area is 76.6 Å². The number of ether oxygens (including phenoxy) is 1. The summed E-state index contributed by atoms with van der Waals surface area (Å²) in [5.74, 6) is 0.780. The van der Waals surface area contributed by atoms with Crippen molar-refractivity contribution in [3.63, 3.8) is 0 Å². The smallest absolute Gasteiger partial charge is 0.135 e. The average Bonchev–Trinajstić information content (AvgIpc) is 1.99. The van der Waals surface area contributed by atoms with Crippen LogP contribution >= 0.6 is 15.9 Å². The van der Waals surface area contributed by atoms with Gasteiger partial charge in [0, 0.05) is 0 Å². The average molecular weight is 217 g/mol. The van der Waals surface area contributed by atoms with Gasteiger partial charge in [-0.3, -0.25) is 0 Å². The molecule has 62 valence electrons. The predicted octanol–water partition coefficient (Wildman–Crippen LogP) is 3.39. The van der Waals surface area contributed by atoms with Gasteiger partial charge in [-0.25, -0.2) is 0 Å². The van der Waals surface area contributed by atoms with Gasteiger partial charge < -0.3 is 4.74 Å². The Hall–Kier alpha value is -0.500. The van der Waals surface area contributed by atoms with Crippen molar-refractivity contribution in [3.05, 3.63) is 35.0 Å². The van der Waals surface area contributed by atoms with Crippen LogP contribution in [0.1, 0.15) is 13.3 Å². The van der Waals surface area contributed by atoms with E-state index >= 15 is 0 Å². The number of halogens is 1. The lowest BCUT2D eigenvalue weighted by atomic mass is 10.1. The maximum absolute atomic E-state index is 5.12. The summed E-state index contributed by atoms with van der Waals surface area (Å²) in [5.41, 5.74) is 1.06. The highest BCUT2D eigenvalue weighted by Crippen LogP contribution is 2.21. The molecule has 0 rings (SSSR count). The summed E-state index contributed by atoms with van der Waals surface area (Å²) in [4.78, 5) is 0. The molecule has 0 heterocycles. The highest BCUT2D eigenvalue weighted by molar-refractivity contribution is 9.11. The quantitative estimate of drug-likeness (QED) is 0.518. The molecule has 0 radical (unpaired) electrons. The number of hydrogen-bond donors (Lipinski definition) is 0. The molecular formula is C9H13BrO. The van der Waals surface area contributed by atoms with Gasteiger partial charge in [-0.2, -0.15) is 0 Å². The molecule has 0 saturated carbocycles. The van der Waals surface area contributed by atoms with Crippen molar-refractivity contribution in [2.45, 2.75) is 13.3 Å². The summed E-state index contributed by atoms with van der Waals surface area (Å²) < 4.78 is 5.88. The van der Waals surface area contributed by atoms with Crippen molar-refractivity contribution < 1.29 is 4.74 Å². The summed E-state index contributed by atoms with van der Waals surface area (Å²) in [6.45, 7) is 9.46. The zero-order valence-electron chi connectivity index (χ0n) is 6.98. The summed E-state index contributed by atoms with van der Waals surface area (Å²) in [6.07, 6.45) is 2.68. The molecular weight excluding hydrogens is 204 g/mol. The Morgan fingerprint density at radius 2 is 2.18 bits per heavy atom. The van der Waals surface area contributed by atoms with E-state index in [1.165, 1.54) is 0 Å². The first-order valence-electron chi connectivity index (χ1n) is 3.41. The Kier molecular flexibility index (Phi) is 4.95. The Bertz CT molecular complexity index is 192. The SMILES string of the molecule is C=C/C(CC)=C(/OC)C(=C)Br. The van der Waals surface area contributed by atoms with Gasteiger partial charge in [-0.1, -0.05) is 26.2 Å². The van der Waals surface area contributed by atoms with E-state index in [1.807, 2.05) is 6.92 Å². The third kappa shape index (κ3) is 2.93. The fourth-order valence-corrected chi connectivity index (χ4v) is 1.23. The Balaban J connectivity index is 4.76. The fraction of sp³-hybridized carbons (Fsp3) is 0.333. The molecule has 0 fully saturated rings. The van der Waals surface area contributed by atoms with Crippen molar-refractivity contribution in [3.8, 4) is 0 Å². The van der Waals surface area contributed by atoms with E-state index in [4.69, 9.17) is 4.74 Å². The molecule has 1 nitrogen and oxygen atoms in total. The van der Waals surface area contributed by atoms with E-state index in [2.05, 4.69) is 29.1 Å². The molecule has 0 unspecified atom stereocenters. The molecule has 0 aromatic rings. The maximum Gasteiger partial charge on any atom is 0.135 e. The van der Waals surface area contributed by atoms with Gasteiger partial charge in [0.25, 0.3) is 0 Å². The molecule has 0 aromatic carbocycles. The van der Waals surface area contributed by atoms with Crippen LogP contribution in [0.15, 0.2) is 35.0 Å². The fourth-order valence-electron chi connectivity index (χ4n) is 0.814. The van der Waals surface area contributed by atoms with Crippen LogP contribution in [-0.4, -0.2) is 7.11 Å². The van der Waals surface area contributed by atoms with Crippen LogP contribution in [0.2, 0.25) is 0 Å².